The Kier molecular flexibility index (Phi) is 2.40. The molecular weight excluding hydrogens is 146 g/mol. The van der Waals surface area contributed by atoms with Gasteiger partial charge in [-0.05, 0) is 44.1 Å². The van der Waals surface area contributed by atoms with E-state index in [4.69, 9.17) is 0 Å². The predicted octanol–water partition coefficient (Wildman–Crippen LogP) is 2.71. The first-order valence-electron chi connectivity index (χ1n) is 5.61. The fraction of sp³-hybridized carbons (Fsp3) is 1.00. The largest absolute Gasteiger partial charge is 0.313 e. The zero-order valence-corrected chi connectivity index (χ0v) is 8.23. The van der Waals surface area contributed by atoms with Gasteiger partial charge in [0.05, 0.1) is 0 Å². The second kappa shape index (κ2) is 3.37. The Morgan fingerprint density at radius 1 is 1.17 bits per heavy atom. The van der Waals surface area contributed by atoms with Crippen molar-refractivity contribution in [1.82, 2.24) is 5.32 Å². The Hall–Kier alpha value is -0.0400. The molecule has 0 aromatic carbocycles. The molecule has 1 saturated heterocycles. The van der Waals surface area contributed by atoms with Crippen LogP contribution in [0.3, 0.4) is 0 Å². The van der Waals surface area contributed by atoms with Crippen LogP contribution in [0, 0.1) is 5.41 Å². The summed E-state index contributed by atoms with van der Waals surface area (Å²) in [6, 6.07) is 0.841. The van der Waals surface area contributed by atoms with E-state index >= 15 is 0 Å². The van der Waals surface area contributed by atoms with Crippen LogP contribution in [0.25, 0.3) is 0 Å². The lowest BCUT2D eigenvalue weighted by atomic mass is 9.72. The van der Waals surface area contributed by atoms with E-state index in [2.05, 4.69) is 12.2 Å². The highest BCUT2D eigenvalue weighted by molar-refractivity contribution is 4.96. The summed E-state index contributed by atoms with van der Waals surface area (Å²) in [6.07, 6.45) is 10.2. The molecule has 1 aliphatic heterocycles. The van der Waals surface area contributed by atoms with Gasteiger partial charge in [-0.3, -0.25) is 0 Å². The van der Waals surface area contributed by atoms with E-state index in [9.17, 15) is 0 Å². The molecule has 1 spiro atoms. The second-order valence-corrected chi connectivity index (χ2v) is 4.59. The smallest absolute Gasteiger partial charge is 0.0121 e. The Labute approximate surface area is 75.9 Å². The van der Waals surface area contributed by atoms with E-state index < -0.39 is 0 Å². The third-order valence-electron chi connectivity index (χ3n) is 3.99. The monoisotopic (exact) mass is 167 g/mol. The van der Waals surface area contributed by atoms with E-state index in [0.29, 0.717) is 0 Å². The normalized spacial score (nSPS) is 34.2. The predicted molar refractivity (Wildman–Crippen MR) is 52.2 cm³/mol. The molecule has 1 heteroatoms. The summed E-state index contributed by atoms with van der Waals surface area (Å²) in [5, 5.41) is 3.70. The summed E-state index contributed by atoms with van der Waals surface area (Å²) in [5.41, 5.74) is 0.729. The second-order valence-electron chi connectivity index (χ2n) is 4.59. The van der Waals surface area contributed by atoms with Gasteiger partial charge in [0.15, 0.2) is 0 Å². The summed E-state index contributed by atoms with van der Waals surface area (Å²) >= 11 is 0. The van der Waals surface area contributed by atoms with Crippen molar-refractivity contribution >= 4 is 0 Å². The number of hydrogen-bond acceptors (Lipinski definition) is 1. The Balaban J connectivity index is 2.07. The van der Waals surface area contributed by atoms with Crippen LogP contribution in [0.1, 0.15) is 51.9 Å². The molecule has 2 rings (SSSR count). The van der Waals surface area contributed by atoms with Crippen LogP contribution in [0.4, 0.5) is 0 Å². The summed E-state index contributed by atoms with van der Waals surface area (Å²) < 4.78 is 0. The summed E-state index contributed by atoms with van der Waals surface area (Å²) in [6.45, 7) is 3.60. The fourth-order valence-corrected chi connectivity index (χ4v) is 3.36. The van der Waals surface area contributed by atoms with Crippen LogP contribution < -0.4 is 5.32 Å². The molecule has 1 heterocycles. The Morgan fingerprint density at radius 3 is 2.50 bits per heavy atom. The third-order valence-corrected chi connectivity index (χ3v) is 3.99. The van der Waals surface area contributed by atoms with Crippen LogP contribution >= 0.6 is 0 Å². The fourth-order valence-electron chi connectivity index (χ4n) is 3.36. The lowest BCUT2D eigenvalue weighted by molar-refractivity contribution is 0.137. The van der Waals surface area contributed by atoms with Crippen molar-refractivity contribution in [2.75, 3.05) is 6.54 Å². The highest BCUT2D eigenvalue weighted by Crippen LogP contribution is 2.47. The van der Waals surface area contributed by atoms with Gasteiger partial charge >= 0.3 is 0 Å². The van der Waals surface area contributed by atoms with Gasteiger partial charge in [-0.15, -0.1) is 0 Å². The zero-order chi connectivity index (χ0) is 8.44. The zero-order valence-electron chi connectivity index (χ0n) is 8.23. The van der Waals surface area contributed by atoms with Gasteiger partial charge in [0.1, 0.15) is 0 Å². The van der Waals surface area contributed by atoms with Gasteiger partial charge in [-0.1, -0.05) is 19.8 Å². The molecule has 1 unspecified atom stereocenters. The van der Waals surface area contributed by atoms with E-state index in [1.165, 1.54) is 51.5 Å². The first kappa shape index (κ1) is 8.55. The van der Waals surface area contributed by atoms with E-state index in [1.807, 2.05) is 0 Å². The maximum Gasteiger partial charge on any atom is 0.0121 e. The van der Waals surface area contributed by atoms with Crippen molar-refractivity contribution in [3.63, 3.8) is 0 Å². The van der Waals surface area contributed by atoms with Crippen molar-refractivity contribution in [3.8, 4) is 0 Å². The van der Waals surface area contributed by atoms with Crippen LogP contribution in [-0.4, -0.2) is 12.6 Å². The molecule has 70 valence electrons. The molecule has 12 heavy (non-hydrogen) atoms. The average molecular weight is 167 g/mol. The SMILES string of the molecule is CCC1NCCCC12CCCC2. The van der Waals surface area contributed by atoms with E-state index in [1.54, 1.807) is 0 Å². The quantitative estimate of drug-likeness (QED) is 0.633. The van der Waals surface area contributed by atoms with E-state index in [-0.39, 0.29) is 0 Å². The summed E-state index contributed by atoms with van der Waals surface area (Å²) in [5.74, 6) is 0. The molecule has 1 saturated carbocycles. The number of nitrogens with one attached hydrogen (secondary N) is 1. The van der Waals surface area contributed by atoms with Crippen molar-refractivity contribution in [2.24, 2.45) is 5.41 Å². The first-order valence-corrected chi connectivity index (χ1v) is 5.61. The molecule has 1 atom stereocenters. The lowest BCUT2D eigenvalue weighted by Crippen LogP contribution is -2.48. The minimum absolute atomic E-state index is 0.729. The van der Waals surface area contributed by atoms with Crippen molar-refractivity contribution in [3.05, 3.63) is 0 Å². The number of piperidine rings is 1. The van der Waals surface area contributed by atoms with Gasteiger partial charge in [0.25, 0.3) is 0 Å². The highest BCUT2D eigenvalue weighted by Gasteiger charge is 2.41. The van der Waals surface area contributed by atoms with Gasteiger partial charge in [-0.2, -0.15) is 0 Å². The highest BCUT2D eigenvalue weighted by atomic mass is 14.9. The Morgan fingerprint density at radius 2 is 1.83 bits per heavy atom. The molecule has 0 radical (unpaired) electrons. The van der Waals surface area contributed by atoms with Gasteiger partial charge in [0.2, 0.25) is 0 Å². The molecule has 0 bridgehead atoms. The van der Waals surface area contributed by atoms with Crippen LogP contribution in [0.5, 0.6) is 0 Å². The maximum absolute atomic E-state index is 3.70. The topological polar surface area (TPSA) is 12.0 Å². The summed E-state index contributed by atoms with van der Waals surface area (Å²) in [7, 11) is 0. The maximum atomic E-state index is 3.70. The molecule has 0 aromatic rings. The Bertz CT molecular complexity index is 147. The van der Waals surface area contributed by atoms with Crippen molar-refractivity contribution in [1.29, 1.82) is 0 Å². The molecule has 0 aromatic heterocycles. The number of hydrogen-bond donors (Lipinski definition) is 1. The first-order chi connectivity index (χ1) is 5.87. The van der Waals surface area contributed by atoms with Crippen molar-refractivity contribution in [2.45, 2.75) is 57.9 Å². The molecule has 0 amide bonds. The standard InChI is InChI=1S/C11H21N/c1-2-10-11(6-3-4-7-11)8-5-9-12-10/h10,12H,2-9H2,1H3. The molecule has 2 fully saturated rings. The summed E-state index contributed by atoms with van der Waals surface area (Å²) in [4.78, 5) is 0. The molecule has 2 aliphatic rings. The molecule has 1 aliphatic carbocycles. The van der Waals surface area contributed by atoms with Gasteiger partial charge in [0, 0.05) is 6.04 Å². The minimum atomic E-state index is 0.729. The van der Waals surface area contributed by atoms with Crippen molar-refractivity contribution < 1.29 is 0 Å². The van der Waals surface area contributed by atoms with Gasteiger partial charge < -0.3 is 5.32 Å². The molecular formula is C11H21N. The van der Waals surface area contributed by atoms with Crippen LogP contribution in [0.2, 0.25) is 0 Å². The van der Waals surface area contributed by atoms with Gasteiger partial charge in [-0.25, -0.2) is 0 Å². The average Bonchev–Trinajstić information content (AvgIpc) is 2.55. The lowest BCUT2D eigenvalue weighted by Gasteiger charge is -2.42. The third kappa shape index (κ3) is 1.28. The molecule has 1 N–H and O–H groups in total. The number of rotatable bonds is 1. The van der Waals surface area contributed by atoms with Crippen LogP contribution in [0.15, 0.2) is 0 Å². The molecule has 1 nitrogen and oxygen atoms in total. The van der Waals surface area contributed by atoms with E-state index in [0.717, 1.165) is 11.5 Å². The van der Waals surface area contributed by atoms with Crippen LogP contribution in [-0.2, 0) is 0 Å². The minimum Gasteiger partial charge on any atom is -0.313 e.